The third-order valence-electron chi connectivity index (χ3n) is 3.38. The molecule has 0 atom stereocenters. The Morgan fingerprint density at radius 1 is 1.04 bits per heavy atom. The Morgan fingerprint density at radius 2 is 1.79 bits per heavy atom. The van der Waals surface area contributed by atoms with Crippen molar-refractivity contribution in [2.45, 2.75) is 18.1 Å². The first kappa shape index (κ1) is 16.7. The first-order valence-electron chi connectivity index (χ1n) is 7.53. The van der Waals surface area contributed by atoms with Crippen LogP contribution in [0.1, 0.15) is 23.2 Å². The Kier molecular flexibility index (Phi) is 5.67. The molecule has 0 bridgehead atoms. The SMILES string of the molecule is O=C(CCCSc1nnc(-c2ccccc2Cl)o1)c1ccccc1. The van der Waals surface area contributed by atoms with E-state index in [1.807, 2.05) is 48.5 Å². The summed E-state index contributed by atoms with van der Waals surface area (Å²) in [4.78, 5) is 12.0. The van der Waals surface area contributed by atoms with Crippen LogP contribution in [0.4, 0.5) is 0 Å². The van der Waals surface area contributed by atoms with E-state index in [9.17, 15) is 4.79 Å². The molecule has 0 saturated carbocycles. The van der Waals surface area contributed by atoms with Crippen molar-refractivity contribution in [3.8, 4) is 11.5 Å². The maximum absolute atomic E-state index is 12.0. The summed E-state index contributed by atoms with van der Waals surface area (Å²) in [5.41, 5.74) is 1.47. The highest BCUT2D eigenvalue weighted by Gasteiger charge is 2.12. The molecule has 3 rings (SSSR count). The van der Waals surface area contributed by atoms with Gasteiger partial charge >= 0.3 is 0 Å². The largest absolute Gasteiger partial charge is 0.411 e. The van der Waals surface area contributed by atoms with Crippen LogP contribution >= 0.6 is 23.4 Å². The number of benzene rings is 2. The van der Waals surface area contributed by atoms with Gasteiger partial charge in [-0.1, -0.05) is 65.8 Å². The number of carbonyl (C=O) groups excluding carboxylic acids is 1. The van der Waals surface area contributed by atoms with Gasteiger partial charge in [0.15, 0.2) is 5.78 Å². The molecule has 122 valence electrons. The van der Waals surface area contributed by atoms with Gasteiger partial charge in [-0.15, -0.1) is 10.2 Å². The van der Waals surface area contributed by atoms with E-state index in [4.69, 9.17) is 16.0 Å². The zero-order chi connectivity index (χ0) is 16.8. The molecular formula is C18H15ClN2O2S. The first-order chi connectivity index (χ1) is 11.7. The van der Waals surface area contributed by atoms with Crippen molar-refractivity contribution in [1.82, 2.24) is 10.2 Å². The van der Waals surface area contributed by atoms with Crippen LogP contribution < -0.4 is 0 Å². The van der Waals surface area contributed by atoms with E-state index in [1.54, 1.807) is 6.07 Å². The van der Waals surface area contributed by atoms with E-state index in [0.29, 0.717) is 22.6 Å². The molecule has 0 N–H and O–H groups in total. The van der Waals surface area contributed by atoms with Crippen molar-refractivity contribution in [2.24, 2.45) is 0 Å². The molecule has 2 aromatic carbocycles. The topological polar surface area (TPSA) is 56.0 Å². The van der Waals surface area contributed by atoms with Crippen LogP contribution in [-0.2, 0) is 0 Å². The molecule has 6 heteroatoms. The van der Waals surface area contributed by atoms with Gasteiger partial charge in [0.05, 0.1) is 10.6 Å². The average Bonchev–Trinajstić information content (AvgIpc) is 3.08. The molecule has 0 fully saturated rings. The summed E-state index contributed by atoms with van der Waals surface area (Å²) in [6.07, 6.45) is 1.25. The number of nitrogens with zero attached hydrogens (tertiary/aromatic N) is 2. The van der Waals surface area contributed by atoms with Gasteiger partial charge in [0.25, 0.3) is 5.22 Å². The molecule has 0 spiro atoms. The van der Waals surface area contributed by atoms with E-state index in [-0.39, 0.29) is 5.78 Å². The monoisotopic (exact) mass is 358 g/mol. The van der Waals surface area contributed by atoms with Crippen molar-refractivity contribution in [3.05, 3.63) is 65.2 Å². The van der Waals surface area contributed by atoms with E-state index < -0.39 is 0 Å². The van der Waals surface area contributed by atoms with E-state index in [2.05, 4.69) is 10.2 Å². The van der Waals surface area contributed by atoms with Gasteiger partial charge in [0, 0.05) is 17.7 Å². The zero-order valence-corrected chi connectivity index (χ0v) is 14.4. The Morgan fingerprint density at radius 3 is 2.58 bits per heavy atom. The molecule has 1 heterocycles. The van der Waals surface area contributed by atoms with Gasteiger partial charge in [-0.2, -0.15) is 0 Å². The predicted molar refractivity (Wildman–Crippen MR) is 95.5 cm³/mol. The minimum absolute atomic E-state index is 0.151. The second kappa shape index (κ2) is 8.13. The van der Waals surface area contributed by atoms with Crippen LogP contribution in [0.2, 0.25) is 5.02 Å². The summed E-state index contributed by atoms with van der Waals surface area (Å²) >= 11 is 7.56. The van der Waals surface area contributed by atoms with Gasteiger partial charge in [-0.25, -0.2) is 0 Å². The van der Waals surface area contributed by atoms with Gasteiger partial charge < -0.3 is 4.42 Å². The summed E-state index contributed by atoms with van der Waals surface area (Å²) in [5, 5.41) is 9.09. The Balaban J connectivity index is 1.50. The number of carbonyl (C=O) groups is 1. The molecule has 3 aromatic rings. The van der Waals surface area contributed by atoms with Gasteiger partial charge in [0.1, 0.15) is 0 Å². The fourth-order valence-corrected chi connectivity index (χ4v) is 3.09. The molecule has 0 unspecified atom stereocenters. The van der Waals surface area contributed by atoms with Crippen LogP contribution in [0.5, 0.6) is 0 Å². The number of hydrogen-bond donors (Lipinski definition) is 0. The standard InChI is InChI=1S/C18H15ClN2O2S/c19-15-10-5-4-9-14(15)17-20-21-18(23-17)24-12-6-11-16(22)13-7-2-1-3-8-13/h1-5,7-10H,6,11-12H2. The highest BCUT2D eigenvalue weighted by Crippen LogP contribution is 2.28. The number of rotatable bonds is 7. The van der Waals surface area contributed by atoms with E-state index in [1.165, 1.54) is 11.8 Å². The first-order valence-corrected chi connectivity index (χ1v) is 8.90. The normalized spacial score (nSPS) is 10.7. The molecule has 0 radical (unpaired) electrons. The molecule has 24 heavy (non-hydrogen) atoms. The third kappa shape index (κ3) is 4.24. The van der Waals surface area contributed by atoms with Gasteiger partial charge in [0.2, 0.25) is 5.89 Å². The lowest BCUT2D eigenvalue weighted by molar-refractivity contribution is 0.0982. The predicted octanol–water partition coefficient (Wildman–Crippen LogP) is 5.15. The lowest BCUT2D eigenvalue weighted by atomic mass is 10.1. The number of Topliss-reactive ketones (excluding diaryl/α,β-unsaturated/α-hetero) is 1. The maximum Gasteiger partial charge on any atom is 0.276 e. The summed E-state index contributed by atoms with van der Waals surface area (Å²) in [6.45, 7) is 0. The zero-order valence-electron chi connectivity index (χ0n) is 12.8. The minimum Gasteiger partial charge on any atom is -0.411 e. The van der Waals surface area contributed by atoms with Crippen molar-refractivity contribution in [3.63, 3.8) is 0 Å². The van der Waals surface area contributed by atoms with Crippen LogP contribution in [0.3, 0.4) is 0 Å². The molecule has 0 saturated heterocycles. The molecular weight excluding hydrogens is 344 g/mol. The fraction of sp³-hybridized carbons (Fsp3) is 0.167. The minimum atomic E-state index is 0.151. The maximum atomic E-state index is 12.0. The quantitative estimate of drug-likeness (QED) is 0.332. The third-order valence-corrected chi connectivity index (χ3v) is 4.61. The molecule has 0 aliphatic heterocycles. The highest BCUT2D eigenvalue weighted by atomic mass is 35.5. The summed E-state index contributed by atoms with van der Waals surface area (Å²) in [7, 11) is 0. The average molecular weight is 359 g/mol. The molecule has 0 amide bonds. The second-order valence-corrected chi connectivity index (χ2v) is 6.55. The summed E-state index contributed by atoms with van der Waals surface area (Å²) in [5.74, 6) is 1.30. The van der Waals surface area contributed by atoms with Crippen molar-refractivity contribution in [1.29, 1.82) is 0 Å². The Labute approximate surface area is 149 Å². The molecule has 4 nitrogen and oxygen atoms in total. The number of ketones is 1. The van der Waals surface area contributed by atoms with Crippen molar-refractivity contribution >= 4 is 29.1 Å². The van der Waals surface area contributed by atoms with E-state index in [0.717, 1.165) is 23.3 Å². The van der Waals surface area contributed by atoms with Crippen LogP contribution in [-0.4, -0.2) is 21.7 Å². The lowest BCUT2D eigenvalue weighted by Gasteiger charge is -2.00. The number of aromatic nitrogens is 2. The lowest BCUT2D eigenvalue weighted by Crippen LogP contribution is -1.99. The number of hydrogen-bond acceptors (Lipinski definition) is 5. The second-order valence-electron chi connectivity index (χ2n) is 5.09. The van der Waals surface area contributed by atoms with Gasteiger partial charge in [-0.3, -0.25) is 4.79 Å². The van der Waals surface area contributed by atoms with E-state index >= 15 is 0 Å². The molecule has 0 aliphatic rings. The molecule has 0 aliphatic carbocycles. The van der Waals surface area contributed by atoms with Crippen LogP contribution in [0, 0.1) is 0 Å². The summed E-state index contributed by atoms with van der Waals surface area (Å²) < 4.78 is 5.61. The molecule has 1 aromatic heterocycles. The Bertz CT molecular complexity index is 821. The number of halogens is 1. The van der Waals surface area contributed by atoms with Crippen molar-refractivity contribution < 1.29 is 9.21 Å². The van der Waals surface area contributed by atoms with Gasteiger partial charge in [-0.05, 0) is 18.6 Å². The fourth-order valence-electron chi connectivity index (χ4n) is 2.17. The van der Waals surface area contributed by atoms with Crippen LogP contribution in [0.25, 0.3) is 11.5 Å². The highest BCUT2D eigenvalue weighted by molar-refractivity contribution is 7.99. The summed E-state index contributed by atoms with van der Waals surface area (Å²) in [6, 6.07) is 16.7. The Hall–Kier alpha value is -2.11. The van der Waals surface area contributed by atoms with Crippen LogP contribution in [0.15, 0.2) is 64.2 Å². The van der Waals surface area contributed by atoms with Crippen molar-refractivity contribution in [2.75, 3.05) is 5.75 Å². The smallest absolute Gasteiger partial charge is 0.276 e. The number of thioether (sulfide) groups is 1.